The van der Waals surface area contributed by atoms with Gasteiger partial charge in [0.05, 0.1) is 0 Å². The van der Waals surface area contributed by atoms with E-state index in [4.69, 9.17) is 22.1 Å². The molecule has 0 fully saturated rings. The van der Waals surface area contributed by atoms with Gasteiger partial charge in [0.15, 0.2) is 0 Å². The van der Waals surface area contributed by atoms with Crippen LogP contribution in [0.2, 0.25) is 5.02 Å². The maximum atomic E-state index is 9.11. The molecule has 0 spiro atoms. The van der Waals surface area contributed by atoms with Gasteiger partial charge in [0.1, 0.15) is 17.7 Å². The van der Waals surface area contributed by atoms with Crippen LogP contribution in [-0.4, -0.2) is 0 Å². The molecule has 0 bridgehead atoms. The summed E-state index contributed by atoms with van der Waals surface area (Å²) in [5, 5.41) is 18.9. The largest absolute Gasteiger partial charge is 0.192 e. The minimum Gasteiger partial charge on any atom is -0.192 e. The lowest BCUT2D eigenvalue weighted by Gasteiger charge is -2.02. The second-order valence-corrected chi connectivity index (χ2v) is 4.70. The van der Waals surface area contributed by atoms with Gasteiger partial charge < -0.3 is 0 Å². The smallest absolute Gasteiger partial charge is 0.137 e. The highest BCUT2D eigenvalue weighted by Gasteiger charge is 2.05. The van der Waals surface area contributed by atoms with E-state index in [0.29, 0.717) is 10.6 Å². The lowest BCUT2D eigenvalue weighted by atomic mass is 10.00. The highest BCUT2D eigenvalue weighted by molar-refractivity contribution is 6.30. The highest BCUT2D eigenvalue weighted by Crippen LogP contribution is 2.21. The quantitative estimate of drug-likeness (QED) is 0.599. The molecule has 0 saturated carbocycles. The minimum atomic E-state index is 0.0893. The van der Waals surface area contributed by atoms with Crippen molar-refractivity contribution in [2.24, 2.45) is 0 Å². The van der Waals surface area contributed by atoms with Gasteiger partial charge in [-0.3, -0.25) is 0 Å². The van der Waals surface area contributed by atoms with Crippen molar-refractivity contribution in [2.45, 2.75) is 0 Å². The maximum Gasteiger partial charge on any atom is 0.137 e. The van der Waals surface area contributed by atoms with Gasteiger partial charge in [-0.25, -0.2) is 0 Å². The van der Waals surface area contributed by atoms with Crippen LogP contribution in [0.15, 0.2) is 66.2 Å². The van der Waals surface area contributed by atoms with Crippen LogP contribution in [0.25, 0.3) is 11.6 Å². The first-order chi connectivity index (χ1) is 10.2. The third-order valence-electron chi connectivity index (χ3n) is 2.89. The van der Waals surface area contributed by atoms with E-state index in [2.05, 4.69) is 0 Å². The standard InChI is InChI=1S/C18H11ClN2/c19-17-9-6-14(7-10-17)8-11-18(16(12-20)13-21)15-4-2-1-3-5-15/h1-11H. The lowest BCUT2D eigenvalue weighted by molar-refractivity contribution is 1.46. The number of benzene rings is 2. The first-order valence-corrected chi connectivity index (χ1v) is 6.66. The molecule has 0 amide bonds. The van der Waals surface area contributed by atoms with Crippen LogP contribution in [-0.2, 0) is 0 Å². The Bertz CT molecular complexity index is 742. The molecule has 0 aliphatic rings. The third-order valence-corrected chi connectivity index (χ3v) is 3.14. The second kappa shape index (κ2) is 7.10. The van der Waals surface area contributed by atoms with E-state index in [9.17, 15) is 0 Å². The van der Waals surface area contributed by atoms with Crippen molar-refractivity contribution in [1.29, 1.82) is 10.5 Å². The summed E-state index contributed by atoms with van der Waals surface area (Å²) in [6.07, 6.45) is 3.63. The molecular formula is C18H11ClN2. The van der Waals surface area contributed by atoms with Gasteiger partial charge in [0, 0.05) is 10.6 Å². The van der Waals surface area contributed by atoms with Gasteiger partial charge in [-0.15, -0.1) is 0 Å². The van der Waals surface area contributed by atoms with Crippen LogP contribution in [0.1, 0.15) is 11.1 Å². The normalized spacial score (nSPS) is 9.86. The number of hydrogen-bond acceptors (Lipinski definition) is 2. The zero-order chi connectivity index (χ0) is 15.1. The van der Waals surface area contributed by atoms with Gasteiger partial charge in [-0.05, 0) is 23.3 Å². The van der Waals surface area contributed by atoms with Crippen molar-refractivity contribution >= 4 is 23.3 Å². The molecule has 0 unspecified atom stereocenters. The molecule has 0 radical (unpaired) electrons. The number of halogens is 1. The Morgan fingerprint density at radius 3 is 2.10 bits per heavy atom. The van der Waals surface area contributed by atoms with Crippen LogP contribution in [0, 0.1) is 22.7 Å². The molecule has 2 rings (SSSR count). The molecular weight excluding hydrogens is 280 g/mol. The molecule has 0 aliphatic heterocycles. The fourth-order valence-electron chi connectivity index (χ4n) is 1.84. The average Bonchev–Trinajstić information content (AvgIpc) is 2.54. The fraction of sp³-hybridized carbons (Fsp3) is 0. The van der Waals surface area contributed by atoms with E-state index < -0.39 is 0 Å². The van der Waals surface area contributed by atoms with Crippen molar-refractivity contribution in [1.82, 2.24) is 0 Å². The molecule has 2 aromatic carbocycles. The van der Waals surface area contributed by atoms with E-state index in [1.165, 1.54) is 0 Å². The second-order valence-electron chi connectivity index (χ2n) is 4.26. The Kier molecular flexibility index (Phi) is 4.94. The Morgan fingerprint density at radius 1 is 0.905 bits per heavy atom. The van der Waals surface area contributed by atoms with Crippen LogP contribution in [0.3, 0.4) is 0 Å². The van der Waals surface area contributed by atoms with E-state index in [-0.39, 0.29) is 5.57 Å². The zero-order valence-corrected chi connectivity index (χ0v) is 11.9. The number of rotatable bonds is 3. The predicted molar refractivity (Wildman–Crippen MR) is 85.1 cm³/mol. The summed E-state index contributed by atoms with van der Waals surface area (Å²) in [7, 11) is 0. The molecule has 2 aromatic rings. The van der Waals surface area contributed by atoms with Gasteiger partial charge in [0.2, 0.25) is 0 Å². The Hall–Kier alpha value is -2.81. The van der Waals surface area contributed by atoms with Crippen LogP contribution < -0.4 is 0 Å². The van der Waals surface area contributed by atoms with Gasteiger partial charge in [-0.2, -0.15) is 10.5 Å². The Labute approximate surface area is 128 Å². The van der Waals surface area contributed by atoms with Crippen molar-refractivity contribution in [3.8, 4) is 12.1 Å². The lowest BCUT2D eigenvalue weighted by Crippen LogP contribution is -1.86. The zero-order valence-electron chi connectivity index (χ0n) is 11.1. The van der Waals surface area contributed by atoms with E-state index in [0.717, 1.165) is 11.1 Å². The maximum absolute atomic E-state index is 9.11. The summed E-state index contributed by atoms with van der Waals surface area (Å²) >= 11 is 5.85. The predicted octanol–water partition coefficient (Wildman–Crippen LogP) is 4.85. The van der Waals surface area contributed by atoms with Crippen molar-refractivity contribution < 1.29 is 0 Å². The summed E-state index contributed by atoms with van der Waals surface area (Å²) in [5.74, 6) is 0. The molecule has 0 aliphatic carbocycles. The van der Waals surface area contributed by atoms with Crippen LogP contribution in [0.5, 0.6) is 0 Å². The monoisotopic (exact) mass is 290 g/mol. The number of nitriles is 2. The minimum absolute atomic E-state index is 0.0893. The van der Waals surface area contributed by atoms with Gasteiger partial charge in [0.25, 0.3) is 0 Å². The number of nitrogens with zero attached hydrogens (tertiary/aromatic N) is 2. The first kappa shape index (κ1) is 14.6. The summed E-state index contributed by atoms with van der Waals surface area (Å²) < 4.78 is 0. The average molecular weight is 291 g/mol. The SMILES string of the molecule is N#CC(C#N)=C(C=Cc1ccc(Cl)cc1)c1ccccc1. The summed E-state index contributed by atoms with van der Waals surface area (Å²) in [4.78, 5) is 0. The van der Waals surface area contributed by atoms with E-state index in [1.807, 2.05) is 60.7 Å². The van der Waals surface area contributed by atoms with Crippen molar-refractivity contribution in [2.75, 3.05) is 0 Å². The number of hydrogen-bond donors (Lipinski definition) is 0. The Morgan fingerprint density at radius 2 is 1.52 bits per heavy atom. The van der Waals surface area contributed by atoms with Gasteiger partial charge >= 0.3 is 0 Å². The summed E-state index contributed by atoms with van der Waals surface area (Å²) in [6, 6.07) is 20.6. The number of allylic oxidation sites excluding steroid dienone is 3. The van der Waals surface area contributed by atoms with Crippen molar-refractivity contribution in [3.05, 3.63) is 82.4 Å². The fourth-order valence-corrected chi connectivity index (χ4v) is 1.97. The van der Waals surface area contributed by atoms with Crippen LogP contribution >= 0.6 is 11.6 Å². The Balaban J connectivity index is 2.44. The van der Waals surface area contributed by atoms with E-state index >= 15 is 0 Å². The summed E-state index contributed by atoms with van der Waals surface area (Å²) in [6.45, 7) is 0. The van der Waals surface area contributed by atoms with E-state index in [1.54, 1.807) is 18.2 Å². The molecule has 0 heterocycles. The van der Waals surface area contributed by atoms with Crippen molar-refractivity contribution in [3.63, 3.8) is 0 Å². The molecule has 21 heavy (non-hydrogen) atoms. The highest BCUT2D eigenvalue weighted by atomic mass is 35.5. The van der Waals surface area contributed by atoms with Gasteiger partial charge in [-0.1, -0.05) is 66.2 Å². The molecule has 100 valence electrons. The summed E-state index contributed by atoms with van der Waals surface area (Å²) in [5.41, 5.74) is 2.48. The molecule has 3 heteroatoms. The topological polar surface area (TPSA) is 47.6 Å². The molecule has 0 N–H and O–H groups in total. The third kappa shape index (κ3) is 3.83. The molecule has 2 nitrogen and oxygen atoms in total. The first-order valence-electron chi connectivity index (χ1n) is 6.28. The van der Waals surface area contributed by atoms with Crippen LogP contribution in [0.4, 0.5) is 0 Å². The molecule has 0 saturated heterocycles. The molecule has 0 atom stereocenters. The molecule has 0 aromatic heterocycles.